The smallest absolute Gasteiger partial charge is 0.234 e. The Morgan fingerprint density at radius 3 is 3.06 bits per heavy atom. The zero-order valence-electron chi connectivity index (χ0n) is 9.49. The molecule has 1 fully saturated rings. The summed E-state index contributed by atoms with van der Waals surface area (Å²) >= 11 is 0. The van der Waals surface area contributed by atoms with Gasteiger partial charge in [-0.15, -0.1) is 0 Å². The Morgan fingerprint density at radius 1 is 1.56 bits per heavy atom. The fourth-order valence-corrected chi connectivity index (χ4v) is 1.47. The normalized spacial score (nSPS) is 14.8. The lowest BCUT2D eigenvalue weighted by Crippen LogP contribution is -2.34. The van der Waals surface area contributed by atoms with E-state index >= 15 is 0 Å². The summed E-state index contributed by atoms with van der Waals surface area (Å²) < 4.78 is 0. The van der Waals surface area contributed by atoms with Crippen LogP contribution in [0.4, 0.5) is 0 Å². The molecule has 1 aliphatic carbocycles. The molecule has 86 valence electrons. The topological polar surface area (TPSA) is 54.0 Å². The van der Waals surface area contributed by atoms with Crippen molar-refractivity contribution in [1.82, 2.24) is 15.6 Å². The summed E-state index contributed by atoms with van der Waals surface area (Å²) in [4.78, 5) is 15.7. The van der Waals surface area contributed by atoms with E-state index in [9.17, 15) is 4.79 Å². The Kier molecular flexibility index (Phi) is 3.51. The van der Waals surface area contributed by atoms with E-state index in [0.717, 1.165) is 11.3 Å². The summed E-state index contributed by atoms with van der Waals surface area (Å²) in [6, 6.07) is 4.47. The van der Waals surface area contributed by atoms with Crippen LogP contribution >= 0.6 is 0 Å². The number of carbonyl (C=O) groups is 1. The van der Waals surface area contributed by atoms with Gasteiger partial charge in [-0.2, -0.15) is 0 Å². The second-order valence-corrected chi connectivity index (χ2v) is 4.20. The first-order valence-electron chi connectivity index (χ1n) is 5.66. The Balaban J connectivity index is 1.73. The standard InChI is InChI=1S/C12H17N3O/c1-9-3-2-6-13-11(9)7-15-12(16)8-14-10-4-5-10/h2-3,6,10,14H,4-5,7-8H2,1H3,(H,15,16). The number of amides is 1. The van der Waals surface area contributed by atoms with Gasteiger partial charge in [0.05, 0.1) is 18.8 Å². The molecule has 1 saturated carbocycles. The van der Waals surface area contributed by atoms with E-state index in [-0.39, 0.29) is 5.91 Å². The molecule has 0 saturated heterocycles. The maximum absolute atomic E-state index is 11.5. The third-order valence-corrected chi connectivity index (χ3v) is 2.70. The van der Waals surface area contributed by atoms with E-state index in [1.54, 1.807) is 6.20 Å². The number of nitrogens with zero attached hydrogens (tertiary/aromatic N) is 1. The third-order valence-electron chi connectivity index (χ3n) is 2.70. The average molecular weight is 219 g/mol. The zero-order chi connectivity index (χ0) is 11.4. The van der Waals surface area contributed by atoms with Crippen LogP contribution in [0.5, 0.6) is 0 Å². The second-order valence-electron chi connectivity index (χ2n) is 4.20. The summed E-state index contributed by atoms with van der Waals surface area (Å²) in [5.74, 6) is 0.0388. The molecular formula is C12H17N3O. The molecule has 0 unspecified atom stereocenters. The van der Waals surface area contributed by atoms with Crippen molar-refractivity contribution in [3.05, 3.63) is 29.6 Å². The van der Waals surface area contributed by atoms with Crippen molar-refractivity contribution in [2.45, 2.75) is 32.4 Å². The molecule has 0 spiro atoms. The van der Waals surface area contributed by atoms with Crippen LogP contribution in [0.1, 0.15) is 24.1 Å². The van der Waals surface area contributed by atoms with Crippen LogP contribution in [-0.4, -0.2) is 23.5 Å². The van der Waals surface area contributed by atoms with Crippen molar-refractivity contribution in [1.29, 1.82) is 0 Å². The number of carbonyl (C=O) groups excluding carboxylic acids is 1. The number of aryl methyl sites for hydroxylation is 1. The molecule has 1 amide bonds. The lowest BCUT2D eigenvalue weighted by molar-refractivity contribution is -0.120. The highest BCUT2D eigenvalue weighted by atomic mass is 16.1. The molecular weight excluding hydrogens is 202 g/mol. The summed E-state index contributed by atoms with van der Waals surface area (Å²) in [6.45, 7) is 2.92. The lowest BCUT2D eigenvalue weighted by atomic mass is 10.2. The van der Waals surface area contributed by atoms with Gasteiger partial charge in [0.25, 0.3) is 0 Å². The van der Waals surface area contributed by atoms with Gasteiger partial charge in [-0.25, -0.2) is 0 Å². The highest BCUT2D eigenvalue weighted by Gasteiger charge is 2.20. The van der Waals surface area contributed by atoms with Crippen LogP contribution in [-0.2, 0) is 11.3 Å². The number of nitrogens with one attached hydrogen (secondary N) is 2. The number of pyridine rings is 1. The molecule has 0 atom stereocenters. The average Bonchev–Trinajstić information content (AvgIpc) is 3.09. The minimum absolute atomic E-state index is 0.0388. The molecule has 0 aliphatic heterocycles. The number of hydrogen-bond acceptors (Lipinski definition) is 3. The fourth-order valence-electron chi connectivity index (χ4n) is 1.47. The van der Waals surface area contributed by atoms with E-state index in [1.165, 1.54) is 12.8 Å². The van der Waals surface area contributed by atoms with Gasteiger partial charge in [-0.1, -0.05) is 6.07 Å². The van der Waals surface area contributed by atoms with Crippen LogP contribution in [0.15, 0.2) is 18.3 Å². The van der Waals surface area contributed by atoms with Crippen molar-refractivity contribution < 1.29 is 4.79 Å². The van der Waals surface area contributed by atoms with Crippen molar-refractivity contribution in [3.63, 3.8) is 0 Å². The van der Waals surface area contributed by atoms with Crippen LogP contribution in [0.3, 0.4) is 0 Å². The van der Waals surface area contributed by atoms with Crippen LogP contribution < -0.4 is 10.6 Å². The van der Waals surface area contributed by atoms with Gasteiger partial charge in [0.2, 0.25) is 5.91 Å². The molecule has 0 bridgehead atoms. The predicted molar refractivity (Wildman–Crippen MR) is 61.8 cm³/mol. The minimum Gasteiger partial charge on any atom is -0.349 e. The summed E-state index contributed by atoms with van der Waals surface area (Å²) in [7, 11) is 0. The van der Waals surface area contributed by atoms with Gasteiger partial charge >= 0.3 is 0 Å². The summed E-state index contributed by atoms with van der Waals surface area (Å²) in [5.41, 5.74) is 2.04. The molecule has 0 radical (unpaired) electrons. The molecule has 0 aromatic carbocycles. The molecule has 1 aliphatic rings. The molecule has 4 nitrogen and oxygen atoms in total. The monoisotopic (exact) mass is 219 g/mol. The number of hydrogen-bond donors (Lipinski definition) is 2. The Hall–Kier alpha value is -1.42. The predicted octanol–water partition coefficient (Wildman–Crippen LogP) is 0.758. The van der Waals surface area contributed by atoms with E-state index < -0.39 is 0 Å². The quantitative estimate of drug-likeness (QED) is 0.768. The van der Waals surface area contributed by atoms with Crippen molar-refractivity contribution in [3.8, 4) is 0 Å². The molecule has 2 rings (SSSR count). The van der Waals surface area contributed by atoms with Crippen LogP contribution in [0, 0.1) is 6.92 Å². The molecule has 16 heavy (non-hydrogen) atoms. The minimum atomic E-state index is 0.0388. The van der Waals surface area contributed by atoms with Crippen molar-refractivity contribution >= 4 is 5.91 Å². The Labute approximate surface area is 95.5 Å². The second kappa shape index (κ2) is 5.07. The first-order valence-corrected chi connectivity index (χ1v) is 5.66. The van der Waals surface area contributed by atoms with E-state index in [0.29, 0.717) is 19.1 Å². The van der Waals surface area contributed by atoms with Gasteiger partial charge in [-0.05, 0) is 31.4 Å². The molecule has 2 N–H and O–H groups in total. The summed E-state index contributed by atoms with van der Waals surface area (Å²) in [5, 5.41) is 6.03. The first kappa shape index (κ1) is 11.1. The number of rotatable bonds is 5. The van der Waals surface area contributed by atoms with Gasteiger partial charge in [0.15, 0.2) is 0 Å². The van der Waals surface area contributed by atoms with Gasteiger partial charge < -0.3 is 10.6 Å². The van der Waals surface area contributed by atoms with Gasteiger partial charge in [0, 0.05) is 12.2 Å². The van der Waals surface area contributed by atoms with Crippen LogP contribution in [0.2, 0.25) is 0 Å². The highest BCUT2D eigenvalue weighted by molar-refractivity contribution is 5.78. The highest BCUT2D eigenvalue weighted by Crippen LogP contribution is 2.17. The van der Waals surface area contributed by atoms with Gasteiger partial charge in [-0.3, -0.25) is 9.78 Å². The lowest BCUT2D eigenvalue weighted by Gasteiger charge is -2.07. The van der Waals surface area contributed by atoms with E-state index in [1.807, 2.05) is 19.1 Å². The van der Waals surface area contributed by atoms with E-state index in [2.05, 4.69) is 15.6 Å². The zero-order valence-corrected chi connectivity index (χ0v) is 9.49. The molecule has 1 aromatic rings. The maximum Gasteiger partial charge on any atom is 0.234 e. The maximum atomic E-state index is 11.5. The largest absolute Gasteiger partial charge is 0.349 e. The molecule has 4 heteroatoms. The van der Waals surface area contributed by atoms with Crippen LogP contribution in [0.25, 0.3) is 0 Å². The molecule has 1 heterocycles. The van der Waals surface area contributed by atoms with Gasteiger partial charge in [0.1, 0.15) is 0 Å². The molecule has 1 aromatic heterocycles. The fraction of sp³-hybridized carbons (Fsp3) is 0.500. The first-order chi connectivity index (χ1) is 7.75. The Morgan fingerprint density at radius 2 is 2.38 bits per heavy atom. The number of aromatic nitrogens is 1. The van der Waals surface area contributed by atoms with E-state index in [4.69, 9.17) is 0 Å². The van der Waals surface area contributed by atoms with Crippen molar-refractivity contribution in [2.24, 2.45) is 0 Å². The third kappa shape index (κ3) is 3.31. The Bertz CT molecular complexity index is 374. The summed E-state index contributed by atoms with van der Waals surface area (Å²) in [6.07, 6.45) is 4.15. The van der Waals surface area contributed by atoms with Crippen molar-refractivity contribution in [2.75, 3.05) is 6.54 Å². The SMILES string of the molecule is Cc1cccnc1CNC(=O)CNC1CC1.